The van der Waals surface area contributed by atoms with E-state index in [1.807, 2.05) is 6.07 Å². The van der Waals surface area contributed by atoms with Gasteiger partial charge in [0.05, 0.1) is 21.3 Å². The maximum absolute atomic E-state index is 5.98. The highest BCUT2D eigenvalue weighted by molar-refractivity contribution is 6.42. The van der Waals surface area contributed by atoms with Gasteiger partial charge in [0.25, 0.3) is 5.89 Å². The van der Waals surface area contributed by atoms with Crippen molar-refractivity contribution in [3.63, 3.8) is 0 Å². The lowest BCUT2D eigenvalue weighted by Gasteiger charge is -1.99. The number of anilines is 1. The molecule has 0 unspecified atom stereocenters. The lowest BCUT2D eigenvalue weighted by atomic mass is 10.1. The predicted molar refractivity (Wildman–Crippen MR) is 81.2 cm³/mol. The average Bonchev–Trinajstić information content (AvgIpc) is 2.91. The summed E-state index contributed by atoms with van der Waals surface area (Å²) in [5, 5.41) is 4.95. The summed E-state index contributed by atoms with van der Waals surface area (Å²) in [6, 6.07) is 7.11. The van der Waals surface area contributed by atoms with Crippen molar-refractivity contribution in [2.24, 2.45) is 0 Å². The molecular weight excluding hydrogens is 311 g/mol. The maximum Gasteiger partial charge on any atom is 0.259 e. The quantitative estimate of drug-likeness (QED) is 0.797. The molecule has 0 radical (unpaired) electrons. The third-order valence-electron chi connectivity index (χ3n) is 2.82. The molecule has 3 aromatic rings. The van der Waals surface area contributed by atoms with E-state index in [1.165, 1.54) is 0 Å². The van der Waals surface area contributed by atoms with E-state index < -0.39 is 0 Å². The predicted octanol–water partition coefficient (Wildman–Crippen LogP) is 3.61. The molecule has 0 aliphatic carbocycles. The molecule has 0 fully saturated rings. The summed E-state index contributed by atoms with van der Waals surface area (Å²) in [5.74, 6) is 0.927. The van der Waals surface area contributed by atoms with E-state index in [9.17, 15) is 0 Å². The van der Waals surface area contributed by atoms with Crippen molar-refractivity contribution in [1.82, 2.24) is 15.1 Å². The van der Waals surface area contributed by atoms with Crippen molar-refractivity contribution in [2.75, 3.05) is 5.73 Å². The number of aromatic nitrogens is 3. The van der Waals surface area contributed by atoms with Crippen LogP contribution in [0.1, 0.15) is 11.4 Å². The van der Waals surface area contributed by atoms with Crippen LogP contribution in [0.4, 0.5) is 5.69 Å². The van der Waals surface area contributed by atoms with Crippen LogP contribution in [0.15, 0.2) is 41.2 Å². The summed E-state index contributed by atoms with van der Waals surface area (Å²) >= 11 is 11.9. The van der Waals surface area contributed by atoms with Crippen molar-refractivity contribution in [1.29, 1.82) is 0 Å². The van der Waals surface area contributed by atoms with Crippen LogP contribution in [0.2, 0.25) is 10.0 Å². The molecule has 2 heterocycles. The third-order valence-corrected chi connectivity index (χ3v) is 3.56. The van der Waals surface area contributed by atoms with Crippen LogP contribution in [0, 0.1) is 0 Å². The highest BCUT2D eigenvalue weighted by Crippen LogP contribution is 2.24. The van der Waals surface area contributed by atoms with Gasteiger partial charge in [-0.05, 0) is 23.8 Å². The Morgan fingerprint density at radius 2 is 1.95 bits per heavy atom. The van der Waals surface area contributed by atoms with E-state index in [2.05, 4.69) is 15.1 Å². The molecule has 2 N–H and O–H groups in total. The topological polar surface area (TPSA) is 77.8 Å². The SMILES string of the molecule is Nc1cncc(-c2nc(Cc3ccc(Cl)c(Cl)c3)no2)c1. The van der Waals surface area contributed by atoms with Crippen LogP contribution in [0.3, 0.4) is 0 Å². The van der Waals surface area contributed by atoms with Gasteiger partial charge in [-0.3, -0.25) is 4.98 Å². The van der Waals surface area contributed by atoms with Gasteiger partial charge in [-0.1, -0.05) is 34.4 Å². The van der Waals surface area contributed by atoms with Gasteiger partial charge < -0.3 is 10.3 Å². The summed E-state index contributed by atoms with van der Waals surface area (Å²) in [4.78, 5) is 8.31. The van der Waals surface area contributed by atoms with E-state index in [0.717, 1.165) is 5.56 Å². The third kappa shape index (κ3) is 3.15. The Bertz CT molecular complexity index is 788. The van der Waals surface area contributed by atoms with Gasteiger partial charge in [0.1, 0.15) is 0 Å². The van der Waals surface area contributed by atoms with E-state index in [-0.39, 0.29) is 0 Å². The fourth-order valence-corrected chi connectivity index (χ4v) is 2.17. The fourth-order valence-electron chi connectivity index (χ4n) is 1.85. The molecule has 0 bridgehead atoms. The van der Waals surface area contributed by atoms with Gasteiger partial charge in [-0.2, -0.15) is 4.98 Å². The van der Waals surface area contributed by atoms with Crippen molar-refractivity contribution >= 4 is 28.9 Å². The van der Waals surface area contributed by atoms with Crippen LogP contribution in [0.5, 0.6) is 0 Å². The second kappa shape index (κ2) is 5.71. The number of nitrogen functional groups attached to an aromatic ring is 1. The molecular formula is C14H10Cl2N4O. The molecule has 0 aliphatic heterocycles. The summed E-state index contributed by atoms with van der Waals surface area (Å²) < 4.78 is 5.22. The maximum atomic E-state index is 5.98. The van der Waals surface area contributed by atoms with Gasteiger partial charge >= 0.3 is 0 Å². The number of nitrogens with two attached hydrogens (primary N) is 1. The van der Waals surface area contributed by atoms with Crippen LogP contribution in [-0.2, 0) is 6.42 Å². The Morgan fingerprint density at radius 1 is 1.10 bits per heavy atom. The minimum Gasteiger partial charge on any atom is -0.397 e. The van der Waals surface area contributed by atoms with E-state index in [4.69, 9.17) is 33.5 Å². The first-order valence-electron chi connectivity index (χ1n) is 6.09. The number of rotatable bonds is 3. The minimum absolute atomic E-state index is 0.380. The Labute approximate surface area is 130 Å². The van der Waals surface area contributed by atoms with Gasteiger partial charge in [0, 0.05) is 18.8 Å². The van der Waals surface area contributed by atoms with Crippen molar-refractivity contribution in [2.45, 2.75) is 6.42 Å². The number of pyridine rings is 1. The number of hydrogen-bond acceptors (Lipinski definition) is 5. The highest BCUT2D eigenvalue weighted by Gasteiger charge is 2.10. The first-order valence-corrected chi connectivity index (χ1v) is 6.85. The van der Waals surface area contributed by atoms with Crippen LogP contribution in [-0.4, -0.2) is 15.1 Å². The lowest BCUT2D eigenvalue weighted by molar-refractivity contribution is 0.424. The molecule has 0 saturated carbocycles. The smallest absolute Gasteiger partial charge is 0.259 e. The zero-order chi connectivity index (χ0) is 14.8. The number of halogens is 2. The summed E-state index contributed by atoms with van der Waals surface area (Å²) in [6.07, 6.45) is 3.67. The first kappa shape index (κ1) is 13.9. The Hall–Kier alpha value is -2.11. The number of hydrogen-bond donors (Lipinski definition) is 1. The zero-order valence-corrected chi connectivity index (χ0v) is 12.3. The normalized spacial score (nSPS) is 10.8. The molecule has 1 aromatic carbocycles. The molecule has 3 rings (SSSR count). The molecule has 0 atom stereocenters. The molecule has 0 amide bonds. The molecule has 7 heteroatoms. The van der Waals surface area contributed by atoms with Gasteiger partial charge in [-0.15, -0.1) is 0 Å². The van der Waals surface area contributed by atoms with Crippen molar-refractivity contribution < 1.29 is 4.52 Å². The number of nitrogens with zero attached hydrogens (tertiary/aromatic N) is 3. The molecule has 0 spiro atoms. The zero-order valence-electron chi connectivity index (χ0n) is 10.8. The van der Waals surface area contributed by atoms with Gasteiger partial charge in [0.15, 0.2) is 5.82 Å². The molecule has 0 aliphatic rings. The Balaban J connectivity index is 1.83. The van der Waals surface area contributed by atoms with E-state index in [1.54, 1.807) is 30.6 Å². The van der Waals surface area contributed by atoms with Crippen LogP contribution < -0.4 is 5.73 Å². The van der Waals surface area contributed by atoms with E-state index in [0.29, 0.717) is 39.4 Å². The minimum atomic E-state index is 0.380. The molecule has 21 heavy (non-hydrogen) atoms. The largest absolute Gasteiger partial charge is 0.397 e. The Kier molecular flexibility index (Phi) is 3.77. The standard InChI is InChI=1S/C14H10Cl2N4O/c15-11-2-1-8(3-12(11)16)4-13-19-14(21-20-13)9-5-10(17)7-18-6-9/h1-3,5-7H,4,17H2. The highest BCUT2D eigenvalue weighted by atomic mass is 35.5. The van der Waals surface area contributed by atoms with E-state index >= 15 is 0 Å². The average molecular weight is 321 g/mol. The molecule has 106 valence electrons. The first-order chi connectivity index (χ1) is 10.1. The Morgan fingerprint density at radius 3 is 2.71 bits per heavy atom. The monoisotopic (exact) mass is 320 g/mol. The number of benzene rings is 1. The van der Waals surface area contributed by atoms with Gasteiger partial charge in [0.2, 0.25) is 0 Å². The van der Waals surface area contributed by atoms with Crippen molar-refractivity contribution in [3.8, 4) is 11.5 Å². The second-order valence-corrected chi connectivity index (χ2v) is 5.26. The van der Waals surface area contributed by atoms with Gasteiger partial charge in [-0.25, -0.2) is 0 Å². The summed E-state index contributed by atoms with van der Waals surface area (Å²) in [7, 11) is 0. The molecule has 5 nitrogen and oxygen atoms in total. The summed E-state index contributed by atoms with van der Waals surface area (Å²) in [6.45, 7) is 0. The summed E-state index contributed by atoms with van der Waals surface area (Å²) in [5.41, 5.74) is 7.85. The molecule has 2 aromatic heterocycles. The second-order valence-electron chi connectivity index (χ2n) is 4.45. The van der Waals surface area contributed by atoms with Crippen LogP contribution in [0.25, 0.3) is 11.5 Å². The lowest BCUT2D eigenvalue weighted by Crippen LogP contribution is -1.91. The van der Waals surface area contributed by atoms with Crippen molar-refractivity contribution in [3.05, 3.63) is 58.1 Å². The fraction of sp³-hybridized carbons (Fsp3) is 0.0714. The molecule has 0 saturated heterocycles. The van der Waals surface area contributed by atoms with Crippen LogP contribution >= 0.6 is 23.2 Å².